The fraction of sp³-hybridized carbons (Fsp3) is 0.500. The molecule has 1 amide bonds. The van der Waals surface area contributed by atoms with Crippen LogP contribution in [0.1, 0.15) is 28.5 Å². The van der Waals surface area contributed by atoms with Gasteiger partial charge in [0.15, 0.2) is 11.5 Å². The zero-order valence-electron chi connectivity index (χ0n) is 15.5. The minimum Gasteiger partial charge on any atom is -0.496 e. The van der Waals surface area contributed by atoms with Gasteiger partial charge in [-0.15, -0.1) is 5.10 Å². The quantitative estimate of drug-likeness (QED) is 0.797. The molecule has 2 aromatic rings. The zero-order chi connectivity index (χ0) is 19.0. The molecule has 1 aromatic heterocycles. The van der Waals surface area contributed by atoms with Crippen molar-refractivity contribution in [3.8, 4) is 17.2 Å². The van der Waals surface area contributed by atoms with Crippen molar-refractivity contribution in [3.63, 3.8) is 0 Å². The molecular formula is C18H22N4O5. The molecule has 2 aliphatic rings. The Morgan fingerprint density at radius 2 is 1.89 bits per heavy atom. The maximum absolute atomic E-state index is 13.2. The number of carbonyl (C=O) groups excluding carboxylic acids is 1. The van der Waals surface area contributed by atoms with Gasteiger partial charge in [-0.3, -0.25) is 4.79 Å². The molecule has 0 bridgehead atoms. The third-order valence-electron chi connectivity index (χ3n) is 5.16. The lowest BCUT2D eigenvalue weighted by molar-refractivity contribution is -0.0628. The molecule has 27 heavy (non-hydrogen) atoms. The smallest absolute Gasteiger partial charge is 0.257 e. The van der Waals surface area contributed by atoms with Crippen molar-refractivity contribution in [2.24, 2.45) is 0 Å². The highest BCUT2D eigenvalue weighted by atomic mass is 16.5. The van der Waals surface area contributed by atoms with E-state index in [0.717, 1.165) is 12.1 Å². The maximum atomic E-state index is 13.2. The van der Waals surface area contributed by atoms with Crippen LogP contribution >= 0.6 is 0 Å². The molecule has 0 saturated carbocycles. The Bertz CT molecular complexity index is 852. The number of methoxy groups -OCH3 is 3. The van der Waals surface area contributed by atoms with Crippen LogP contribution in [0.25, 0.3) is 0 Å². The van der Waals surface area contributed by atoms with Crippen LogP contribution in [0.15, 0.2) is 18.3 Å². The molecule has 0 unspecified atom stereocenters. The lowest BCUT2D eigenvalue weighted by Crippen LogP contribution is -2.50. The summed E-state index contributed by atoms with van der Waals surface area (Å²) in [4.78, 5) is 15.0. The molecule has 0 spiro atoms. The first kappa shape index (κ1) is 17.6. The number of likely N-dealkylation sites (tertiary alicyclic amines) is 1. The van der Waals surface area contributed by atoms with Gasteiger partial charge in [-0.1, -0.05) is 5.21 Å². The Labute approximate surface area is 156 Å². The van der Waals surface area contributed by atoms with Crippen molar-refractivity contribution in [2.45, 2.75) is 25.2 Å². The Hall–Kier alpha value is -2.81. The lowest BCUT2D eigenvalue weighted by atomic mass is 9.99. The van der Waals surface area contributed by atoms with Gasteiger partial charge < -0.3 is 23.8 Å². The molecule has 0 aliphatic carbocycles. The van der Waals surface area contributed by atoms with Crippen molar-refractivity contribution in [2.75, 3.05) is 34.4 Å². The monoisotopic (exact) mass is 374 g/mol. The van der Waals surface area contributed by atoms with Gasteiger partial charge in [-0.2, -0.15) is 0 Å². The largest absolute Gasteiger partial charge is 0.496 e. The van der Waals surface area contributed by atoms with E-state index < -0.39 is 0 Å². The summed E-state index contributed by atoms with van der Waals surface area (Å²) in [5, 5.41) is 8.14. The molecule has 0 N–H and O–H groups in total. The number of nitrogens with zero attached hydrogens (tertiary/aromatic N) is 4. The minimum absolute atomic E-state index is 0.104. The molecule has 4 rings (SSSR count). The van der Waals surface area contributed by atoms with E-state index in [2.05, 4.69) is 10.3 Å². The van der Waals surface area contributed by atoms with Crippen LogP contribution in [0, 0.1) is 0 Å². The minimum atomic E-state index is -0.126. The predicted octanol–water partition coefficient (Wildman–Crippen LogP) is 1.29. The average molecular weight is 374 g/mol. The van der Waals surface area contributed by atoms with Crippen LogP contribution in [-0.2, 0) is 11.3 Å². The standard InChI is InChI=1S/C18H22N4O5/c1-24-14-7-16(26-3)15(25-2)6-12(14)18(23)21-5-4-13-17(9-21)27-10-11-8-19-20-22(11)13/h6-8,13,17H,4-5,9-10H2,1-3H3/t13-,17-/m0/s1. The van der Waals surface area contributed by atoms with Gasteiger partial charge >= 0.3 is 0 Å². The van der Waals surface area contributed by atoms with Crippen molar-refractivity contribution in [3.05, 3.63) is 29.6 Å². The van der Waals surface area contributed by atoms with E-state index in [1.807, 2.05) is 4.68 Å². The molecular weight excluding hydrogens is 352 g/mol. The summed E-state index contributed by atoms with van der Waals surface area (Å²) < 4.78 is 23.9. The molecule has 1 fully saturated rings. The Balaban J connectivity index is 1.58. The van der Waals surface area contributed by atoms with Crippen LogP contribution in [0.3, 0.4) is 0 Å². The summed E-state index contributed by atoms with van der Waals surface area (Å²) in [5.41, 5.74) is 1.41. The summed E-state index contributed by atoms with van der Waals surface area (Å²) in [6, 6.07) is 3.42. The predicted molar refractivity (Wildman–Crippen MR) is 94.3 cm³/mol. The second kappa shape index (κ2) is 7.07. The zero-order valence-corrected chi connectivity index (χ0v) is 15.5. The SMILES string of the molecule is COc1cc(OC)c(C(=O)N2CC[C@H]3[C@H](C2)OCc2cnnn23)cc1OC. The van der Waals surface area contributed by atoms with Gasteiger partial charge in [0, 0.05) is 25.2 Å². The fourth-order valence-electron chi connectivity index (χ4n) is 3.74. The average Bonchev–Trinajstić information content (AvgIpc) is 3.21. The van der Waals surface area contributed by atoms with Gasteiger partial charge in [0.05, 0.1) is 57.5 Å². The molecule has 0 radical (unpaired) electrons. The van der Waals surface area contributed by atoms with E-state index in [-0.39, 0.29) is 18.1 Å². The maximum Gasteiger partial charge on any atom is 0.257 e. The van der Waals surface area contributed by atoms with E-state index in [1.165, 1.54) is 14.2 Å². The number of aromatic nitrogens is 3. The number of carbonyl (C=O) groups is 1. The van der Waals surface area contributed by atoms with Gasteiger partial charge in [0.2, 0.25) is 0 Å². The number of rotatable bonds is 4. The Morgan fingerprint density at radius 1 is 1.15 bits per heavy atom. The molecule has 9 heteroatoms. The van der Waals surface area contributed by atoms with Gasteiger partial charge in [-0.25, -0.2) is 4.68 Å². The van der Waals surface area contributed by atoms with Crippen molar-refractivity contribution < 1.29 is 23.7 Å². The molecule has 2 aliphatic heterocycles. The molecule has 1 saturated heterocycles. The Kier molecular flexibility index (Phi) is 4.61. The highest BCUT2D eigenvalue weighted by molar-refractivity contribution is 5.98. The van der Waals surface area contributed by atoms with Gasteiger partial charge in [0.1, 0.15) is 5.75 Å². The van der Waals surface area contributed by atoms with Crippen molar-refractivity contribution >= 4 is 5.91 Å². The van der Waals surface area contributed by atoms with E-state index in [4.69, 9.17) is 18.9 Å². The number of benzene rings is 1. The summed E-state index contributed by atoms with van der Waals surface area (Å²) in [5.74, 6) is 1.32. The van der Waals surface area contributed by atoms with Gasteiger partial charge in [-0.05, 0) is 6.42 Å². The summed E-state index contributed by atoms with van der Waals surface area (Å²) in [6.07, 6.45) is 2.37. The van der Waals surface area contributed by atoms with E-state index in [9.17, 15) is 4.79 Å². The third kappa shape index (κ3) is 2.97. The van der Waals surface area contributed by atoms with Crippen molar-refractivity contribution in [1.82, 2.24) is 19.9 Å². The lowest BCUT2D eigenvalue weighted by Gasteiger charge is -2.41. The van der Waals surface area contributed by atoms with Crippen molar-refractivity contribution in [1.29, 1.82) is 0 Å². The molecule has 2 atom stereocenters. The highest BCUT2D eigenvalue weighted by Gasteiger charge is 2.38. The second-order valence-electron chi connectivity index (χ2n) is 6.53. The molecule has 1 aromatic carbocycles. The molecule has 144 valence electrons. The van der Waals surface area contributed by atoms with Crippen LogP contribution in [0.4, 0.5) is 0 Å². The van der Waals surface area contributed by atoms with Crippen LogP contribution in [0.2, 0.25) is 0 Å². The first-order chi connectivity index (χ1) is 13.2. The number of hydrogen-bond acceptors (Lipinski definition) is 7. The van der Waals surface area contributed by atoms with E-state index in [1.54, 1.807) is 30.3 Å². The third-order valence-corrected chi connectivity index (χ3v) is 5.16. The topological polar surface area (TPSA) is 87.9 Å². The normalized spacial score (nSPS) is 21.2. The fourth-order valence-corrected chi connectivity index (χ4v) is 3.74. The highest BCUT2D eigenvalue weighted by Crippen LogP contribution is 2.36. The number of ether oxygens (including phenoxy) is 4. The first-order valence-electron chi connectivity index (χ1n) is 8.76. The van der Waals surface area contributed by atoms with Gasteiger partial charge in [0.25, 0.3) is 5.91 Å². The summed E-state index contributed by atoms with van der Waals surface area (Å²) in [7, 11) is 4.61. The number of hydrogen-bond donors (Lipinski definition) is 0. The van der Waals surface area contributed by atoms with Crippen LogP contribution in [-0.4, -0.2) is 66.3 Å². The first-order valence-corrected chi connectivity index (χ1v) is 8.76. The number of piperidine rings is 1. The number of fused-ring (bicyclic) bond motifs is 3. The summed E-state index contributed by atoms with van der Waals surface area (Å²) in [6.45, 7) is 1.54. The van der Waals surface area contributed by atoms with E-state index in [0.29, 0.717) is 42.5 Å². The molecule has 9 nitrogen and oxygen atoms in total. The van der Waals surface area contributed by atoms with Crippen LogP contribution < -0.4 is 14.2 Å². The molecule has 3 heterocycles. The van der Waals surface area contributed by atoms with Crippen LogP contribution in [0.5, 0.6) is 17.2 Å². The Morgan fingerprint density at radius 3 is 2.63 bits per heavy atom. The van der Waals surface area contributed by atoms with E-state index >= 15 is 0 Å². The summed E-state index contributed by atoms with van der Waals surface area (Å²) >= 11 is 0. The second-order valence-corrected chi connectivity index (χ2v) is 6.53. The number of amides is 1.